The van der Waals surface area contributed by atoms with E-state index in [-0.39, 0.29) is 5.91 Å². The van der Waals surface area contributed by atoms with Crippen LogP contribution in [0.2, 0.25) is 0 Å². The normalized spacial score (nSPS) is 10.9. The molecule has 0 saturated heterocycles. The molecular weight excluding hydrogens is 348 g/mol. The molecule has 0 aliphatic carbocycles. The van der Waals surface area contributed by atoms with Gasteiger partial charge in [-0.1, -0.05) is 66.7 Å². The number of ether oxygens (including phenoxy) is 1. The number of hydrogen-bond donors (Lipinski definition) is 1. The predicted octanol–water partition coefficient (Wildman–Crippen LogP) is 5.40. The molecule has 0 aliphatic heterocycles. The molecule has 0 spiro atoms. The highest BCUT2D eigenvalue weighted by atomic mass is 16.5. The zero-order valence-electron chi connectivity index (χ0n) is 15.1. The molecule has 0 heterocycles. The molecule has 4 rings (SSSR count). The lowest BCUT2D eigenvalue weighted by molar-refractivity contribution is 0.0957. The van der Waals surface area contributed by atoms with Gasteiger partial charge < -0.3 is 4.74 Å². The number of benzene rings is 4. The number of nitrogens with zero attached hydrogens (tertiary/aromatic N) is 1. The molecule has 0 atom stereocenters. The van der Waals surface area contributed by atoms with Crippen molar-refractivity contribution in [1.82, 2.24) is 5.43 Å². The van der Waals surface area contributed by atoms with E-state index >= 15 is 0 Å². The maximum absolute atomic E-state index is 12.5. The van der Waals surface area contributed by atoms with E-state index in [2.05, 4.69) is 10.5 Å². The van der Waals surface area contributed by atoms with Crippen LogP contribution in [0.1, 0.15) is 15.9 Å². The van der Waals surface area contributed by atoms with Crippen LogP contribution in [0.5, 0.6) is 11.5 Å². The maximum Gasteiger partial charge on any atom is 0.271 e. The number of hydrogen-bond acceptors (Lipinski definition) is 3. The molecule has 0 saturated carbocycles. The van der Waals surface area contributed by atoms with Crippen molar-refractivity contribution in [2.45, 2.75) is 0 Å². The molecular formula is C24H18N2O2. The Morgan fingerprint density at radius 3 is 2.39 bits per heavy atom. The van der Waals surface area contributed by atoms with Gasteiger partial charge in [0.25, 0.3) is 5.91 Å². The Balaban J connectivity index is 1.46. The minimum Gasteiger partial charge on any atom is -0.457 e. The lowest BCUT2D eigenvalue weighted by atomic mass is 10.0. The maximum atomic E-state index is 12.5. The van der Waals surface area contributed by atoms with E-state index in [9.17, 15) is 4.79 Å². The summed E-state index contributed by atoms with van der Waals surface area (Å²) in [7, 11) is 0. The van der Waals surface area contributed by atoms with Gasteiger partial charge in [-0.15, -0.1) is 0 Å². The molecule has 0 bridgehead atoms. The lowest BCUT2D eigenvalue weighted by Gasteiger charge is -2.06. The number of fused-ring (bicyclic) bond motifs is 1. The van der Waals surface area contributed by atoms with E-state index in [1.807, 2.05) is 91.0 Å². The Kier molecular flexibility index (Phi) is 5.11. The standard InChI is InChI=1S/C24H18N2O2/c27-24(23-15-7-10-19-9-4-5-14-22(19)23)26-25-17-18-8-6-13-21(16-18)28-20-11-2-1-3-12-20/h1-17H,(H,26,27)/b25-17-. The smallest absolute Gasteiger partial charge is 0.271 e. The average Bonchev–Trinajstić information content (AvgIpc) is 2.74. The fourth-order valence-electron chi connectivity index (χ4n) is 2.93. The molecule has 4 aromatic carbocycles. The first kappa shape index (κ1) is 17.5. The third kappa shape index (κ3) is 4.07. The molecule has 0 aromatic heterocycles. The number of carbonyl (C=O) groups is 1. The van der Waals surface area contributed by atoms with E-state index in [0.29, 0.717) is 11.3 Å². The molecule has 0 unspecified atom stereocenters. The summed E-state index contributed by atoms with van der Waals surface area (Å²) in [5.41, 5.74) is 4.02. The summed E-state index contributed by atoms with van der Waals surface area (Å²) < 4.78 is 5.81. The number of carbonyl (C=O) groups excluding carboxylic acids is 1. The molecule has 0 radical (unpaired) electrons. The first-order chi connectivity index (χ1) is 13.8. The molecule has 4 heteroatoms. The van der Waals surface area contributed by atoms with Gasteiger partial charge in [-0.05, 0) is 46.7 Å². The fraction of sp³-hybridized carbons (Fsp3) is 0. The van der Waals surface area contributed by atoms with Crippen molar-refractivity contribution in [2.75, 3.05) is 0 Å². The van der Waals surface area contributed by atoms with Crippen LogP contribution in [0.4, 0.5) is 0 Å². The Morgan fingerprint density at radius 1 is 0.786 bits per heavy atom. The zero-order valence-corrected chi connectivity index (χ0v) is 15.1. The fourth-order valence-corrected chi connectivity index (χ4v) is 2.93. The number of para-hydroxylation sites is 1. The average molecular weight is 366 g/mol. The van der Waals surface area contributed by atoms with Gasteiger partial charge in [0.2, 0.25) is 0 Å². The summed E-state index contributed by atoms with van der Waals surface area (Å²) in [5, 5.41) is 6.01. The highest BCUT2D eigenvalue weighted by Gasteiger charge is 2.08. The minimum atomic E-state index is -0.246. The quantitative estimate of drug-likeness (QED) is 0.380. The molecule has 28 heavy (non-hydrogen) atoms. The first-order valence-electron chi connectivity index (χ1n) is 8.94. The lowest BCUT2D eigenvalue weighted by Crippen LogP contribution is -2.17. The van der Waals surface area contributed by atoms with Gasteiger partial charge in [-0.25, -0.2) is 5.43 Å². The van der Waals surface area contributed by atoms with Gasteiger partial charge in [0, 0.05) is 5.56 Å². The predicted molar refractivity (Wildman–Crippen MR) is 112 cm³/mol. The molecule has 4 nitrogen and oxygen atoms in total. The summed E-state index contributed by atoms with van der Waals surface area (Å²) in [5.74, 6) is 1.22. The van der Waals surface area contributed by atoms with Crippen molar-refractivity contribution in [3.8, 4) is 11.5 Å². The van der Waals surface area contributed by atoms with Gasteiger partial charge in [0.05, 0.1) is 6.21 Å². The number of hydrazone groups is 1. The molecule has 136 valence electrons. The Labute approximate surface area is 163 Å². The number of amides is 1. The van der Waals surface area contributed by atoms with Crippen LogP contribution >= 0.6 is 0 Å². The molecule has 4 aromatic rings. The van der Waals surface area contributed by atoms with Gasteiger partial charge >= 0.3 is 0 Å². The van der Waals surface area contributed by atoms with Gasteiger partial charge in [-0.2, -0.15) is 5.10 Å². The Hall–Kier alpha value is -3.92. The van der Waals surface area contributed by atoms with E-state index in [1.54, 1.807) is 12.3 Å². The summed E-state index contributed by atoms with van der Waals surface area (Å²) in [6, 6.07) is 30.5. The van der Waals surface area contributed by atoms with E-state index < -0.39 is 0 Å². The van der Waals surface area contributed by atoms with Crippen LogP contribution in [0.25, 0.3) is 10.8 Å². The minimum absolute atomic E-state index is 0.246. The van der Waals surface area contributed by atoms with Crippen molar-refractivity contribution in [2.24, 2.45) is 5.10 Å². The summed E-state index contributed by atoms with van der Waals surface area (Å²) in [6.45, 7) is 0. The summed E-state index contributed by atoms with van der Waals surface area (Å²) in [4.78, 5) is 12.5. The molecule has 0 aliphatic rings. The highest BCUT2D eigenvalue weighted by molar-refractivity contribution is 6.07. The highest BCUT2D eigenvalue weighted by Crippen LogP contribution is 2.21. The molecule has 0 fully saturated rings. The zero-order chi connectivity index (χ0) is 19.2. The van der Waals surface area contributed by atoms with Gasteiger partial charge in [0.15, 0.2) is 0 Å². The summed E-state index contributed by atoms with van der Waals surface area (Å²) in [6.07, 6.45) is 1.60. The van der Waals surface area contributed by atoms with E-state index in [1.165, 1.54) is 0 Å². The monoisotopic (exact) mass is 366 g/mol. The third-order valence-corrected chi connectivity index (χ3v) is 4.25. The molecule has 1 N–H and O–H groups in total. The van der Waals surface area contributed by atoms with Crippen molar-refractivity contribution in [3.63, 3.8) is 0 Å². The first-order valence-corrected chi connectivity index (χ1v) is 8.94. The second-order valence-corrected chi connectivity index (χ2v) is 6.21. The second kappa shape index (κ2) is 8.18. The number of nitrogens with one attached hydrogen (secondary N) is 1. The van der Waals surface area contributed by atoms with Gasteiger partial charge in [-0.3, -0.25) is 4.79 Å². The summed E-state index contributed by atoms with van der Waals surface area (Å²) >= 11 is 0. The van der Waals surface area contributed by atoms with Crippen LogP contribution in [0.15, 0.2) is 102 Å². The Morgan fingerprint density at radius 2 is 1.50 bits per heavy atom. The third-order valence-electron chi connectivity index (χ3n) is 4.25. The number of rotatable bonds is 5. The second-order valence-electron chi connectivity index (χ2n) is 6.21. The van der Waals surface area contributed by atoms with Crippen LogP contribution in [0.3, 0.4) is 0 Å². The van der Waals surface area contributed by atoms with Crippen molar-refractivity contribution >= 4 is 22.9 Å². The topological polar surface area (TPSA) is 50.7 Å². The van der Waals surface area contributed by atoms with E-state index in [4.69, 9.17) is 4.74 Å². The van der Waals surface area contributed by atoms with Gasteiger partial charge in [0.1, 0.15) is 11.5 Å². The van der Waals surface area contributed by atoms with Crippen molar-refractivity contribution < 1.29 is 9.53 Å². The van der Waals surface area contributed by atoms with Crippen molar-refractivity contribution in [3.05, 3.63) is 108 Å². The largest absolute Gasteiger partial charge is 0.457 e. The van der Waals surface area contributed by atoms with Crippen LogP contribution < -0.4 is 10.2 Å². The van der Waals surface area contributed by atoms with E-state index in [0.717, 1.165) is 22.1 Å². The Bertz CT molecular complexity index is 1130. The van der Waals surface area contributed by atoms with Crippen molar-refractivity contribution in [1.29, 1.82) is 0 Å². The molecule has 1 amide bonds. The SMILES string of the molecule is O=C(N/N=C\c1cccc(Oc2ccccc2)c1)c1cccc2ccccc12. The van der Waals surface area contributed by atoms with Crippen LogP contribution in [-0.2, 0) is 0 Å². The van der Waals surface area contributed by atoms with Crippen LogP contribution in [-0.4, -0.2) is 12.1 Å². The van der Waals surface area contributed by atoms with Crippen LogP contribution in [0, 0.1) is 0 Å².